The number of nitrogens with zero attached hydrogens (tertiary/aromatic N) is 3. The monoisotopic (exact) mass is 447 g/mol. The van der Waals surface area contributed by atoms with Crippen molar-refractivity contribution in [3.05, 3.63) is 51.8 Å². The summed E-state index contributed by atoms with van der Waals surface area (Å²) in [6.07, 6.45) is 3.11. The number of aromatic nitrogens is 1. The Labute approximate surface area is 175 Å². The maximum absolute atomic E-state index is 5.33. The Morgan fingerprint density at radius 1 is 1.25 bits per heavy atom. The third-order valence-corrected chi connectivity index (χ3v) is 5.48. The minimum absolute atomic E-state index is 0.444. The van der Waals surface area contributed by atoms with Gasteiger partial charge in [0.05, 0.1) is 5.69 Å². The predicted molar refractivity (Wildman–Crippen MR) is 116 cm³/mol. The van der Waals surface area contributed by atoms with Crippen molar-refractivity contribution in [2.75, 3.05) is 19.6 Å². The molecule has 0 radical (unpaired) electrons. The summed E-state index contributed by atoms with van der Waals surface area (Å²) >= 11 is 3.50. The summed E-state index contributed by atoms with van der Waals surface area (Å²) in [7, 11) is 0. The maximum atomic E-state index is 5.33. The topological polar surface area (TPSA) is 65.7 Å². The van der Waals surface area contributed by atoms with Gasteiger partial charge in [0.25, 0.3) is 0 Å². The minimum atomic E-state index is 0.444. The molecule has 1 aromatic heterocycles. The van der Waals surface area contributed by atoms with Crippen LogP contribution in [0.2, 0.25) is 0 Å². The maximum Gasteiger partial charge on any atom is 0.191 e. The highest BCUT2D eigenvalue weighted by molar-refractivity contribution is 9.10. The van der Waals surface area contributed by atoms with Gasteiger partial charge in [-0.05, 0) is 43.9 Å². The average molecular weight is 448 g/mol. The number of guanidine groups is 1. The van der Waals surface area contributed by atoms with E-state index in [1.54, 1.807) is 0 Å². The molecule has 2 aromatic rings. The predicted octanol–water partition coefficient (Wildman–Crippen LogP) is 3.72. The van der Waals surface area contributed by atoms with Crippen LogP contribution in [-0.4, -0.2) is 41.7 Å². The fourth-order valence-electron chi connectivity index (χ4n) is 3.35. The molecule has 1 aliphatic heterocycles. The van der Waals surface area contributed by atoms with Crippen molar-refractivity contribution in [2.45, 2.75) is 52.2 Å². The summed E-state index contributed by atoms with van der Waals surface area (Å²) in [5.41, 5.74) is 2.34. The zero-order valence-electron chi connectivity index (χ0n) is 16.7. The van der Waals surface area contributed by atoms with E-state index >= 15 is 0 Å². The Balaban J connectivity index is 1.47. The van der Waals surface area contributed by atoms with Crippen LogP contribution in [0, 0.1) is 0 Å². The molecule has 1 saturated heterocycles. The summed E-state index contributed by atoms with van der Waals surface area (Å²) in [6.45, 7) is 8.69. The van der Waals surface area contributed by atoms with E-state index in [1.807, 2.05) is 6.07 Å². The second kappa shape index (κ2) is 10.6. The molecule has 0 spiro atoms. The molecule has 0 saturated carbocycles. The van der Waals surface area contributed by atoms with E-state index in [0.717, 1.165) is 67.3 Å². The lowest BCUT2D eigenvalue weighted by Gasteiger charge is -2.33. The molecule has 2 heterocycles. The Morgan fingerprint density at radius 3 is 2.64 bits per heavy atom. The molecule has 1 aliphatic rings. The Hall–Kier alpha value is -1.86. The largest absolute Gasteiger partial charge is 0.359 e. The van der Waals surface area contributed by atoms with Crippen molar-refractivity contribution in [3.63, 3.8) is 0 Å². The third-order valence-electron chi connectivity index (χ3n) is 4.96. The number of hydrogen-bond acceptors (Lipinski definition) is 4. The van der Waals surface area contributed by atoms with Gasteiger partial charge in [0.15, 0.2) is 11.7 Å². The Morgan fingerprint density at radius 2 is 2.00 bits per heavy atom. The molecule has 28 heavy (non-hydrogen) atoms. The van der Waals surface area contributed by atoms with Gasteiger partial charge in [0, 0.05) is 42.8 Å². The number of aryl methyl sites for hydroxylation is 1. The van der Waals surface area contributed by atoms with Crippen molar-refractivity contribution < 1.29 is 4.52 Å². The molecule has 0 atom stereocenters. The van der Waals surface area contributed by atoms with E-state index in [-0.39, 0.29) is 0 Å². The van der Waals surface area contributed by atoms with Gasteiger partial charge in [-0.2, -0.15) is 0 Å². The van der Waals surface area contributed by atoms with Gasteiger partial charge in [-0.3, -0.25) is 4.90 Å². The highest BCUT2D eigenvalue weighted by atomic mass is 79.9. The molecule has 0 bridgehead atoms. The molecule has 3 rings (SSSR count). The number of benzene rings is 1. The smallest absolute Gasteiger partial charge is 0.191 e. The fraction of sp³-hybridized carbons (Fsp3) is 0.524. The SMILES string of the molecule is CCNC(=NCc1cc(CC)no1)NC1CCN(Cc2ccc(Br)cc2)CC1. The van der Waals surface area contributed by atoms with E-state index in [1.165, 1.54) is 5.56 Å². The lowest BCUT2D eigenvalue weighted by atomic mass is 10.0. The van der Waals surface area contributed by atoms with Gasteiger partial charge in [0.1, 0.15) is 6.54 Å². The molecular weight excluding hydrogens is 418 g/mol. The van der Waals surface area contributed by atoms with Crippen molar-refractivity contribution in [3.8, 4) is 0 Å². The lowest BCUT2D eigenvalue weighted by Crippen LogP contribution is -2.48. The first-order chi connectivity index (χ1) is 13.7. The van der Waals surface area contributed by atoms with E-state index in [0.29, 0.717) is 12.6 Å². The van der Waals surface area contributed by atoms with E-state index in [2.05, 4.69) is 79.7 Å². The van der Waals surface area contributed by atoms with Crippen molar-refractivity contribution >= 4 is 21.9 Å². The van der Waals surface area contributed by atoms with E-state index in [4.69, 9.17) is 4.52 Å². The summed E-state index contributed by atoms with van der Waals surface area (Å²) in [5, 5.41) is 10.9. The van der Waals surface area contributed by atoms with Crippen LogP contribution in [-0.2, 0) is 19.5 Å². The second-order valence-corrected chi connectivity index (χ2v) is 8.07. The van der Waals surface area contributed by atoms with Crippen LogP contribution in [0.1, 0.15) is 43.7 Å². The molecule has 1 aromatic carbocycles. The van der Waals surface area contributed by atoms with Gasteiger partial charge in [-0.1, -0.05) is 40.1 Å². The fourth-order valence-corrected chi connectivity index (χ4v) is 3.62. The third kappa shape index (κ3) is 6.34. The van der Waals surface area contributed by atoms with Crippen LogP contribution in [0.4, 0.5) is 0 Å². The number of aliphatic imine (C=N–C) groups is 1. The van der Waals surface area contributed by atoms with Crippen LogP contribution < -0.4 is 10.6 Å². The zero-order valence-corrected chi connectivity index (χ0v) is 18.3. The van der Waals surface area contributed by atoms with Gasteiger partial charge in [0.2, 0.25) is 0 Å². The van der Waals surface area contributed by atoms with Gasteiger partial charge >= 0.3 is 0 Å². The molecule has 2 N–H and O–H groups in total. The second-order valence-electron chi connectivity index (χ2n) is 7.15. The highest BCUT2D eigenvalue weighted by Gasteiger charge is 2.20. The highest BCUT2D eigenvalue weighted by Crippen LogP contribution is 2.16. The first-order valence-corrected chi connectivity index (χ1v) is 10.9. The van der Waals surface area contributed by atoms with Crippen LogP contribution in [0.3, 0.4) is 0 Å². The Kier molecular flexibility index (Phi) is 7.91. The molecule has 6 nitrogen and oxygen atoms in total. The zero-order chi connectivity index (χ0) is 19.8. The normalized spacial score (nSPS) is 16.3. The summed E-state index contributed by atoms with van der Waals surface area (Å²) in [6, 6.07) is 11.0. The molecule has 152 valence electrons. The quantitative estimate of drug-likeness (QED) is 0.499. The first kappa shape index (κ1) is 20.9. The lowest BCUT2D eigenvalue weighted by molar-refractivity contribution is 0.198. The van der Waals surface area contributed by atoms with Crippen LogP contribution >= 0.6 is 15.9 Å². The van der Waals surface area contributed by atoms with Gasteiger partial charge in [-0.15, -0.1) is 0 Å². The van der Waals surface area contributed by atoms with Gasteiger partial charge < -0.3 is 15.2 Å². The van der Waals surface area contributed by atoms with Crippen molar-refractivity contribution in [2.24, 2.45) is 4.99 Å². The summed E-state index contributed by atoms with van der Waals surface area (Å²) in [4.78, 5) is 7.18. The van der Waals surface area contributed by atoms with Crippen LogP contribution in [0.25, 0.3) is 0 Å². The summed E-state index contributed by atoms with van der Waals surface area (Å²) in [5.74, 6) is 1.65. The molecule has 0 amide bonds. The number of piperidine rings is 1. The molecular formula is C21H30BrN5O. The van der Waals surface area contributed by atoms with Crippen molar-refractivity contribution in [1.82, 2.24) is 20.7 Å². The Bertz CT molecular complexity index is 750. The number of hydrogen-bond donors (Lipinski definition) is 2. The molecule has 7 heteroatoms. The molecule has 1 fully saturated rings. The average Bonchev–Trinajstić information content (AvgIpc) is 3.18. The molecule has 0 aliphatic carbocycles. The number of rotatable bonds is 7. The van der Waals surface area contributed by atoms with Crippen LogP contribution in [0.15, 0.2) is 44.3 Å². The standard InChI is InChI=1S/C21H30BrN5O/c1-3-18-13-20(28-26-18)14-24-21(23-4-2)25-19-9-11-27(12-10-19)15-16-5-7-17(22)8-6-16/h5-8,13,19H,3-4,9-12,14-15H2,1-2H3,(H2,23,24,25). The number of nitrogens with one attached hydrogen (secondary N) is 2. The van der Waals surface area contributed by atoms with E-state index in [9.17, 15) is 0 Å². The van der Waals surface area contributed by atoms with Crippen molar-refractivity contribution in [1.29, 1.82) is 0 Å². The minimum Gasteiger partial charge on any atom is -0.359 e. The number of halogens is 1. The van der Waals surface area contributed by atoms with Gasteiger partial charge in [-0.25, -0.2) is 4.99 Å². The first-order valence-electron chi connectivity index (χ1n) is 10.1. The number of likely N-dealkylation sites (tertiary alicyclic amines) is 1. The van der Waals surface area contributed by atoms with Crippen LogP contribution in [0.5, 0.6) is 0 Å². The summed E-state index contributed by atoms with van der Waals surface area (Å²) < 4.78 is 6.46. The molecule has 0 unspecified atom stereocenters. The van der Waals surface area contributed by atoms with E-state index < -0.39 is 0 Å².